The summed E-state index contributed by atoms with van der Waals surface area (Å²) in [5.41, 5.74) is 2.40. The molecule has 3 rings (SSSR count). The maximum absolute atomic E-state index is 12.5. The van der Waals surface area contributed by atoms with Crippen LogP contribution in [-0.2, 0) is 0 Å². The SMILES string of the molecule is Cc1ccc(Br)cc1C(=O)c1ccc(OC2CC2)cc1. The van der Waals surface area contributed by atoms with Crippen molar-refractivity contribution in [2.24, 2.45) is 0 Å². The first-order valence-electron chi connectivity index (χ1n) is 6.71. The Morgan fingerprint density at radius 2 is 1.85 bits per heavy atom. The minimum absolute atomic E-state index is 0.0433. The first-order chi connectivity index (χ1) is 9.63. The van der Waals surface area contributed by atoms with Gasteiger partial charge in [0.2, 0.25) is 0 Å². The van der Waals surface area contributed by atoms with Crippen molar-refractivity contribution < 1.29 is 9.53 Å². The third-order valence-corrected chi connectivity index (χ3v) is 3.88. The molecule has 0 N–H and O–H groups in total. The van der Waals surface area contributed by atoms with Gasteiger partial charge in [0.05, 0.1) is 6.10 Å². The molecule has 0 amide bonds. The molecule has 1 saturated carbocycles. The molecule has 1 fully saturated rings. The lowest BCUT2D eigenvalue weighted by Crippen LogP contribution is -2.04. The van der Waals surface area contributed by atoms with E-state index in [9.17, 15) is 4.79 Å². The lowest BCUT2D eigenvalue weighted by Gasteiger charge is -2.08. The highest BCUT2D eigenvalue weighted by atomic mass is 79.9. The van der Waals surface area contributed by atoms with Gasteiger partial charge in [0, 0.05) is 15.6 Å². The van der Waals surface area contributed by atoms with Gasteiger partial charge in [0.25, 0.3) is 0 Å². The molecule has 0 spiro atoms. The monoisotopic (exact) mass is 330 g/mol. The van der Waals surface area contributed by atoms with Crippen LogP contribution in [0.15, 0.2) is 46.9 Å². The van der Waals surface area contributed by atoms with E-state index in [0.29, 0.717) is 11.7 Å². The Balaban J connectivity index is 1.83. The van der Waals surface area contributed by atoms with Crippen molar-refractivity contribution in [2.75, 3.05) is 0 Å². The predicted molar refractivity (Wildman–Crippen MR) is 82.4 cm³/mol. The van der Waals surface area contributed by atoms with E-state index in [1.807, 2.05) is 49.4 Å². The van der Waals surface area contributed by atoms with Gasteiger partial charge in [0.1, 0.15) is 5.75 Å². The van der Waals surface area contributed by atoms with E-state index in [4.69, 9.17) is 4.74 Å². The molecule has 0 atom stereocenters. The Bertz CT molecular complexity index is 643. The summed E-state index contributed by atoms with van der Waals surface area (Å²) in [6, 6.07) is 13.2. The highest BCUT2D eigenvalue weighted by Gasteiger charge is 2.23. The summed E-state index contributed by atoms with van der Waals surface area (Å²) >= 11 is 3.41. The van der Waals surface area contributed by atoms with Crippen LogP contribution in [0.1, 0.15) is 34.3 Å². The van der Waals surface area contributed by atoms with Gasteiger partial charge in [-0.3, -0.25) is 4.79 Å². The van der Waals surface area contributed by atoms with Crippen LogP contribution in [0.25, 0.3) is 0 Å². The number of aryl methyl sites for hydroxylation is 1. The van der Waals surface area contributed by atoms with Gasteiger partial charge in [-0.2, -0.15) is 0 Å². The summed E-state index contributed by atoms with van der Waals surface area (Å²) in [5.74, 6) is 0.886. The second kappa shape index (κ2) is 5.41. The lowest BCUT2D eigenvalue weighted by molar-refractivity contribution is 0.103. The van der Waals surface area contributed by atoms with Crippen LogP contribution in [0.2, 0.25) is 0 Å². The summed E-state index contributed by atoms with van der Waals surface area (Å²) in [6.07, 6.45) is 2.65. The van der Waals surface area contributed by atoms with E-state index in [1.165, 1.54) is 0 Å². The summed E-state index contributed by atoms with van der Waals surface area (Å²) < 4.78 is 6.61. The third kappa shape index (κ3) is 2.93. The fraction of sp³-hybridized carbons (Fsp3) is 0.235. The molecule has 2 aromatic rings. The molecule has 0 bridgehead atoms. The van der Waals surface area contributed by atoms with Gasteiger partial charge in [-0.25, -0.2) is 0 Å². The zero-order valence-electron chi connectivity index (χ0n) is 11.2. The van der Waals surface area contributed by atoms with Crippen molar-refractivity contribution in [3.8, 4) is 5.75 Å². The number of ether oxygens (including phenoxy) is 1. The fourth-order valence-electron chi connectivity index (χ4n) is 2.06. The molecule has 0 aliphatic heterocycles. The Morgan fingerprint density at radius 3 is 2.50 bits per heavy atom. The predicted octanol–water partition coefficient (Wildman–Crippen LogP) is 4.53. The van der Waals surface area contributed by atoms with E-state index < -0.39 is 0 Å². The molecule has 2 nitrogen and oxygen atoms in total. The quantitative estimate of drug-likeness (QED) is 0.770. The number of ketones is 1. The lowest BCUT2D eigenvalue weighted by atomic mass is 9.99. The molecule has 0 radical (unpaired) electrons. The summed E-state index contributed by atoms with van der Waals surface area (Å²) in [6.45, 7) is 1.95. The van der Waals surface area contributed by atoms with Crippen LogP contribution < -0.4 is 4.74 Å². The highest BCUT2D eigenvalue weighted by Crippen LogP contribution is 2.27. The second-order valence-corrected chi connectivity index (χ2v) is 6.05. The smallest absolute Gasteiger partial charge is 0.193 e. The van der Waals surface area contributed by atoms with E-state index in [2.05, 4.69) is 15.9 Å². The summed E-state index contributed by atoms with van der Waals surface area (Å²) in [4.78, 5) is 12.5. The molecule has 1 aliphatic rings. The number of benzene rings is 2. The van der Waals surface area contributed by atoms with Crippen molar-refractivity contribution in [3.63, 3.8) is 0 Å². The van der Waals surface area contributed by atoms with Crippen LogP contribution in [0.3, 0.4) is 0 Å². The van der Waals surface area contributed by atoms with Crippen LogP contribution in [0.5, 0.6) is 5.75 Å². The largest absolute Gasteiger partial charge is 0.490 e. The zero-order valence-corrected chi connectivity index (χ0v) is 12.8. The number of hydrogen-bond acceptors (Lipinski definition) is 2. The topological polar surface area (TPSA) is 26.3 Å². The molecule has 20 heavy (non-hydrogen) atoms. The molecule has 0 aromatic heterocycles. The first-order valence-corrected chi connectivity index (χ1v) is 7.50. The molecule has 102 valence electrons. The van der Waals surface area contributed by atoms with Crippen LogP contribution in [0.4, 0.5) is 0 Å². The summed E-state index contributed by atoms with van der Waals surface area (Å²) in [5, 5.41) is 0. The van der Waals surface area contributed by atoms with Gasteiger partial charge < -0.3 is 4.74 Å². The second-order valence-electron chi connectivity index (χ2n) is 5.13. The number of carbonyl (C=O) groups is 1. The maximum atomic E-state index is 12.5. The molecule has 3 heteroatoms. The Labute approximate surface area is 126 Å². The minimum atomic E-state index is 0.0433. The van der Waals surface area contributed by atoms with Gasteiger partial charge >= 0.3 is 0 Å². The number of halogens is 1. The maximum Gasteiger partial charge on any atom is 0.193 e. The molecule has 0 unspecified atom stereocenters. The highest BCUT2D eigenvalue weighted by molar-refractivity contribution is 9.10. The molecular weight excluding hydrogens is 316 g/mol. The van der Waals surface area contributed by atoms with Crippen molar-refractivity contribution in [1.82, 2.24) is 0 Å². The van der Waals surface area contributed by atoms with E-state index >= 15 is 0 Å². The van der Waals surface area contributed by atoms with Gasteiger partial charge in [0.15, 0.2) is 5.78 Å². The third-order valence-electron chi connectivity index (χ3n) is 3.39. The standard InChI is InChI=1S/C17H15BrO2/c1-11-2-5-13(18)10-16(11)17(19)12-3-6-14(7-4-12)20-15-8-9-15/h2-7,10,15H,8-9H2,1H3. The van der Waals surface area contributed by atoms with Crippen LogP contribution in [-0.4, -0.2) is 11.9 Å². The number of carbonyl (C=O) groups excluding carboxylic acids is 1. The van der Waals surface area contributed by atoms with E-state index in [-0.39, 0.29) is 5.78 Å². The van der Waals surface area contributed by atoms with E-state index in [1.54, 1.807) is 0 Å². The van der Waals surface area contributed by atoms with Crippen LogP contribution >= 0.6 is 15.9 Å². The minimum Gasteiger partial charge on any atom is -0.490 e. The Kier molecular flexibility index (Phi) is 3.62. The van der Waals surface area contributed by atoms with Gasteiger partial charge in [-0.1, -0.05) is 22.0 Å². The van der Waals surface area contributed by atoms with E-state index in [0.717, 1.165) is 34.2 Å². The Morgan fingerprint density at radius 1 is 1.15 bits per heavy atom. The summed E-state index contributed by atoms with van der Waals surface area (Å²) in [7, 11) is 0. The van der Waals surface area contributed by atoms with Crippen LogP contribution in [0, 0.1) is 6.92 Å². The molecular formula is C17H15BrO2. The Hall–Kier alpha value is -1.61. The van der Waals surface area contributed by atoms with Crippen molar-refractivity contribution in [2.45, 2.75) is 25.9 Å². The van der Waals surface area contributed by atoms with Gasteiger partial charge in [-0.05, 0) is 61.7 Å². The van der Waals surface area contributed by atoms with Crippen molar-refractivity contribution in [1.29, 1.82) is 0 Å². The fourth-order valence-corrected chi connectivity index (χ4v) is 2.42. The zero-order chi connectivity index (χ0) is 14.1. The number of hydrogen-bond donors (Lipinski definition) is 0. The first kappa shape index (κ1) is 13.4. The normalized spacial score (nSPS) is 14.1. The van der Waals surface area contributed by atoms with Gasteiger partial charge in [-0.15, -0.1) is 0 Å². The average Bonchev–Trinajstić information content (AvgIpc) is 3.26. The van der Waals surface area contributed by atoms with Crippen molar-refractivity contribution in [3.05, 3.63) is 63.6 Å². The van der Waals surface area contributed by atoms with Crippen molar-refractivity contribution >= 4 is 21.7 Å². The average molecular weight is 331 g/mol. The number of rotatable bonds is 4. The molecule has 2 aromatic carbocycles. The molecule has 0 saturated heterocycles. The molecule has 1 aliphatic carbocycles. The molecule has 0 heterocycles.